The maximum absolute atomic E-state index is 8.36. The molecule has 0 aromatic heterocycles. The van der Waals surface area contributed by atoms with E-state index in [2.05, 4.69) is 4.79 Å². The summed E-state index contributed by atoms with van der Waals surface area (Å²) in [5.41, 5.74) is 8.91. The van der Waals surface area contributed by atoms with Crippen LogP contribution in [-0.2, 0) is 0 Å². The molecule has 0 aromatic carbocycles. The highest BCUT2D eigenvalue weighted by Gasteiger charge is 1.99. The molecule has 0 amide bonds. The van der Waals surface area contributed by atoms with Gasteiger partial charge in [0.15, 0.2) is 0 Å². The summed E-state index contributed by atoms with van der Waals surface area (Å²) in [5, 5.41) is 13.6. The van der Waals surface area contributed by atoms with E-state index in [1.54, 1.807) is 6.08 Å². The average Bonchev–Trinajstić information content (AvgIpc) is 2.05. The SMILES string of the molecule is O=[N+]([O-])O.[N-]=[N+]=C1C=CC=CC1. The van der Waals surface area contributed by atoms with Gasteiger partial charge in [0.05, 0.1) is 6.42 Å². The minimum absolute atomic E-state index is 0.715. The van der Waals surface area contributed by atoms with Gasteiger partial charge in [0.1, 0.15) is 0 Å². The third-order valence-electron chi connectivity index (χ3n) is 0.991. The minimum Gasteiger partial charge on any atom is -0.361 e. The lowest BCUT2D eigenvalue weighted by molar-refractivity contribution is -0.742. The summed E-state index contributed by atoms with van der Waals surface area (Å²) in [5.74, 6) is 0. The van der Waals surface area contributed by atoms with E-state index < -0.39 is 5.09 Å². The Morgan fingerprint density at radius 3 is 2.50 bits per heavy atom. The lowest BCUT2D eigenvalue weighted by Crippen LogP contribution is -1.93. The first kappa shape index (κ1) is 10.1. The fraction of sp³-hybridized carbons (Fsp3) is 0.167. The van der Waals surface area contributed by atoms with Gasteiger partial charge in [0.2, 0.25) is 0 Å². The van der Waals surface area contributed by atoms with Crippen molar-refractivity contribution in [3.63, 3.8) is 0 Å². The van der Waals surface area contributed by atoms with Gasteiger partial charge < -0.3 is 10.7 Å². The number of nitrogens with zero attached hydrogens (tertiary/aromatic N) is 3. The predicted octanol–water partition coefficient (Wildman–Crippen LogP) is 0.826. The van der Waals surface area contributed by atoms with Crippen molar-refractivity contribution in [2.75, 3.05) is 0 Å². The Morgan fingerprint density at radius 1 is 1.67 bits per heavy atom. The zero-order valence-electron chi connectivity index (χ0n) is 6.12. The van der Waals surface area contributed by atoms with E-state index in [4.69, 9.17) is 20.9 Å². The van der Waals surface area contributed by atoms with Gasteiger partial charge in [-0.2, -0.15) is 4.79 Å². The molecule has 1 N–H and O–H groups in total. The van der Waals surface area contributed by atoms with E-state index >= 15 is 0 Å². The molecule has 1 rings (SSSR count). The van der Waals surface area contributed by atoms with Gasteiger partial charge in [-0.05, 0) is 0 Å². The Kier molecular flexibility index (Phi) is 4.88. The third-order valence-corrected chi connectivity index (χ3v) is 0.991. The lowest BCUT2D eigenvalue weighted by atomic mass is 10.2. The van der Waals surface area contributed by atoms with Crippen LogP contribution in [0.3, 0.4) is 0 Å². The maximum Gasteiger partial charge on any atom is 0.295 e. The molecule has 0 saturated carbocycles. The lowest BCUT2D eigenvalue weighted by Gasteiger charge is -1.85. The molecule has 0 aromatic rings. The summed E-state index contributed by atoms with van der Waals surface area (Å²) in [6, 6.07) is 0. The first-order valence-electron chi connectivity index (χ1n) is 3.04. The molecule has 0 radical (unpaired) electrons. The van der Waals surface area contributed by atoms with Crippen molar-refractivity contribution >= 4 is 5.71 Å². The molecule has 0 bridgehead atoms. The van der Waals surface area contributed by atoms with Crippen LogP contribution in [0.15, 0.2) is 24.3 Å². The van der Waals surface area contributed by atoms with Crippen LogP contribution < -0.4 is 0 Å². The molecule has 0 aliphatic heterocycles. The van der Waals surface area contributed by atoms with Crippen molar-refractivity contribution in [3.05, 3.63) is 39.9 Å². The van der Waals surface area contributed by atoms with Crippen LogP contribution in [0.4, 0.5) is 0 Å². The Labute approximate surface area is 68.2 Å². The summed E-state index contributed by atoms with van der Waals surface area (Å²) < 4.78 is 0. The van der Waals surface area contributed by atoms with E-state index in [1.807, 2.05) is 18.2 Å². The van der Waals surface area contributed by atoms with E-state index in [0.717, 1.165) is 6.42 Å². The van der Waals surface area contributed by atoms with Gasteiger partial charge >= 0.3 is 0 Å². The van der Waals surface area contributed by atoms with Crippen LogP contribution in [0.25, 0.3) is 5.53 Å². The summed E-state index contributed by atoms with van der Waals surface area (Å²) in [7, 11) is 0. The van der Waals surface area contributed by atoms with Crippen LogP contribution >= 0.6 is 0 Å². The minimum atomic E-state index is -1.50. The molecular weight excluding hydrogens is 162 g/mol. The quantitative estimate of drug-likeness (QED) is 0.251. The number of hydrogen-bond donors (Lipinski definition) is 1. The highest BCUT2D eigenvalue weighted by atomic mass is 16.9. The molecule has 0 heterocycles. The molecular formula is C6H7N3O3. The number of allylic oxidation sites excluding steroid dienone is 4. The van der Waals surface area contributed by atoms with Crippen LogP contribution in [-0.4, -0.2) is 20.8 Å². The van der Waals surface area contributed by atoms with Gasteiger partial charge in [-0.25, -0.2) is 0 Å². The highest BCUT2D eigenvalue weighted by molar-refractivity contribution is 5.92. The molecule has 0 fully saturated rings. The van der Waals surface area contributed by atoms with E-state index in [9.17, 15) is 0 Å². The fourth-order valence-corrected chi connectivity index (χ4v) is 0.576. The standard InChI is InChI=1S/C6H6N2.HNO3/c7-8-6-4-2-1-3-5-6;2-1(3)4/h1-4H,5H2;(H,2,3,4). The van der Waals surface area contributed by atoms with Crippen molar-refractivity contribution in [2.45, 2.75) is 6.42 Å². The van der Waals surface area contributed by atoms with Gasteiger partial charge in [0.25, 0.3) is 10.8 Å². The zero-order valence-corrected chi connectivity index (χ0v) is 6.12. The van der Waals surface area contributed by atoms with Crippen molar-refractivity contribution in [1.82, 2.24) is 0 Å². The second-order valence-electron chi connectivity index (χ2n) is 1.82. The van der Waals surface area contributed by atoms with E-state index in [0.29, 0.717) is 5.71 Å². The summed E-state index contributed by atoms with van der Waals surface area (Å²) >= 11 is 0. The Balaban J connectivity index is 0.000000261. The molecule has 1 aliphatic carbocycles. The van der Waals surface area contributed by atoms with Crippen molar-refractivity contribution in [3.8, 4) is 0 Å². The molecule has 6 nitrogen and oxygen atoms in total. The van der Waals surface area contributed by atoms with Gasteiger partial charge in [-0.3, -0.25) is 0 Å². The molecule has 0 atom stereocenters. The molecule has 0 saturated heterocycles. The largest absolute Gasteiger partial charge is 0.361 e. The van der Waals surface area contributed by atoms with Crippen LogP contribution in [0, 0.1) is 10.1 Å². The Hall–Kier alpha value is -1.94. The highest BCUT2D eigenvalue weighted by Crippen LogP contribution is 1.94. The van der Waals surface area contributed by atoms with Gasteiger partial charge in [-0.1, -0.05) is 18.2 Å². The Morgan fingerprint density at radius 2 is 2.25 bits per heavy atom. The molecule has 1 aliphatic rings. The van der Waals surface area contributed by atoms with E-state index in [1.165, 1.54) is 0 Å². The predicted molar refractivity (Wildman–Crippen MR) is 40.3 cm³/mol. The summed E-state index contributed by atoms with van der Waals surface area (Å²) in [6.07, 6.45) is 8.23. The molecule has 12 heavy (non-hydrogen) atoms. The fourth-order valence-electron chi connectivity index (χ4n) is 0.576. The number of rotatable bonds is 0. The van der Waals surface area contributed by atoms with E-state index in [-0.39, 0.29) is 0 Å². The first-order chi connectivity index (χ1) is 5.66. The maximum atomic E-state index is 8.36. The number of hydrogen-bond acceptors (Lipinski definition) is 2. The monoisotopic (exact) mass is 169 g/mol. The first-order valence-corrected chi connectivity index (χ1v) is 3.04. The van der Waals surface area contributed by atoms with Crippen molar-refractivity contribution in [2.24, 2.45) is 0 Å². The Bertz CT molecular complexity index is 259. The van der Waals surface area contributed by atoms with Gasteiger partial charge in [-0.15, -0.1) is 10.1 Å². The zero-order chi connectivity index (χ0) is 9.40. The average molecular weight is 169 g/mol. The summed E-state index contributed by atoms with van der Waals surface area (Å²) in [6.45, 7) is 0. The smallest absolute Gasteiger partial charge is 0.295 e. The topological polar surface area (TPSA) is 99.8 Å². The molecule has 0 spiro atoms. The molecule has 64 valence electrons. The summed E-state index contributed by atoms with van der Waals surface area (Å²) in [4.78, 5) is 11.4. The third kappa shape index (κ3) is 6.18. The second kappa shape index (κ2) is 5.82. The van der Waals surface area contributed by atoms with Crippen LogP contribution in [0.2, 0.25) is 0 Å². The molecule has 0 unspecified atom stereocenters. The van der Waals surface area contributed by atoms with Crippen molar-refractivity contribution < 1.29 is 15.1 Å². The van der Waals surface area contributed by atoms with Gasteiger partial charge in [0, 0.05) is 6.08 Å². The normalized spacial score (nSPS) is 12.8. The second-order valence-corrected chi connectivity index (χ2v) is 1.82. The van der Waals surface area contributed by atoms with Crippen LogP contribution in [0.1, 0.15) is 6.42 Å². The van der Waals surface area contributed by atoms with Crippen LogP contribution in [0.5, 0.6) is 0 Å². The molecule has 6 heteroatoms. The van der Waals surface area contributed by atoms with Crippen molar-refractivity contribution in [1.29, 1.82) is 0 Å².